The van der Waals surface area contributed by atoms with E-state index in [1.165, 1.54) is 6.92 Å². The van der Waals surface area contributed by atoms with Gasteiger partial charge in [-0.2, -0.15) is 0 Å². The van der Waals surface area contributed by atoms with Crippen molar-refractivity contribution in [3.63, 3.8) is 0 Å². The maximum Gasteiger partial charge on any atom is 0.153 e. The van der Waals surface area contributed by atoms with Crippen molar-refractivity contribution in [1.29, 1.82) is 0 Å². The Balaban J connectivity index is 2.64. The monoisotopic (exact) mass is 320 g/mol. The molecule has 2 aromatic rings. The van der Waals surface area contributed by atoms with Crippen LogP contribution in [-0.2, 0) is 4.79 Å². The van der Waals surface area contributed by atoms with Crippen LogP contribution < -0.4 is 4.74 Å². The number of allylic oxidation sites excluding steroid dienone is 1. The van der Waals surface area contributed by atoms with Gasteiger partial charge in [-0.1, -0.05) is 47.5 Å². The van der Waals surface area contributed by atoms with Gasteiger partial charge in [0.05, 0.1) is 17.2 Å². The number of hydrogen-bond acceptors (Lipinski definition) is 2. The SMILES string of the molecule is COc1ccccc1/C(=C\C(C)=O)c1ccc(Cl)c(Cl)c1. The van der Waals surface area contributed by atoms with Gasteiger partial charge in [-0.25, -0.2) is 0 Å². The first-order valence-corrected chi connectivity index (χ1v) is 7.09. The van der Waals surface area contributed by atoms with Gasteiger partial charge in [0.25, 0.3) is 0 Å². The second-order valence-electron chi connectivity index (χ2n) is 4.50. The average molecular weight is 321 g/mol. The highest BCUT2D eigenvalue weighted by molar-refractivity contribution is 6.42. The summed E-state index contributed by atoms with van der Waals surface area (Å²) in [6.07, 6.45) is 1.57. The minimum absolute atomic E-state index is 0.0537. The fraction of sp³-hybridized carbons (Fsp3) is 0.118. The van der Waals surface area contributed by atoms with E-state index in [1.54, 1.807) is 25.3 Å². The van der Waals surface area contributed by atoms with Crippen LogP contribution in [0.25, 0.3) is 5.57 Å². The molecule has 0 spiro atoms. The lowest BCUT2D eigenvalue weighted by atomic mass is 9.96. The third-order valence-corrected chi connectivity index (χ3v) is 3.71. The highest BCUT2D eigenvalue weighted by Crippen LogP contribution is 2.33. The lowest BCUT2D eigenvalue weighted by Gasteiger charge is -2.13. The van der Waals surface area contributed by atoms with Crippen molar-refractivity contribution >= 4 is 34.6 Å². The average Bonchev–Trinajstić information content (AvgIpc) is 2.47. The summed E-state index contributed by atoms with van der Waals surface area (Å²) in [5.74, 6) is 0.637. The van der Waals surface area contributed by atoms with Crippen LogP contribution in [0.1, 0.15) is 18.1 Å². The molecule has 4 heteroatoms. The molecule has 0 aliphatic heterocycles. The Morgan fingerprint density at radius 2 is 1.81 bits per heavy atom. The molecule has 0 heterocycles. The van der Waals surface area contributed by atoms with Gasteiger partial charge in [0, 0.05) is 5.56 Å². The van der Waals surface area contributed by atoms with Gasteiger partial charge >= 0.3 is 0 Å². The molecular formula is C17H14Cl2O2. The summed E-state index contributed by atoms with van der Waals surface area (Å²) in [5, 5.41) is 0.918. The summed E-state index contributed by atoms with van der Waals surface area (Å²) >= 11 is 12.0. The van der Waals surface area contributed by atoms with E-state index in [2.05, 4.69) is 0 Å². The largest absolute Gasteiger partial charge is 0.496 e. The summed E-state index contributed by atoms with van der Waals surface area (Å²) < 4.78 is 5.37. The number of rotatable bonds is 4. The molecule has 0 amide bonds. The van der Waals surface area contributed by atoms with Crippen molar-refractivity contribution in [1.82, 2.24) is 0 Å². The van der Waals surface area contributed by atoms with Gasteiger partial charge in [-0.15, -0.1) is 0 Å². The number of methoxy groups -OCH3 is 1. The van der Waals surface area contributed by atoms with Gasteiger partial charge in [0.15, 0.2) is 5.78 Å². The topological polar surface area (TPSA) is 26.3 Å². The van der Waals surface area contributed by atoms with Crippen molar-refractivity contribution in [2.45, 2.75) is 6.92 Å². The number of carbonyl (C=O) groups is 1. The molecule has 108 valence electrons. The molecule has 2 aromatic carbocycles. The predicted molar refractivity (Wildman–Crippen MR) is 87.2 cm³/mol. The number of benzene rings is 2. The minimum Gasteiger partial charge on any atom is -0.496 e. The van der Waals surface area contributed by atoms with E-state index in [9.17, 15) is 4.79 Å². The van der Waals surface area contributed by atoms with Gasteiger partial charge in [0.1, 0.15) is 5.75 Å². The standard InChI is InChI=1S/C17H14Cl2O2/c1-11(20)9-14(12-7-8-15(18)16(19)10-12)13-5-3-4-6-17(13)21-2/h3-10H,1-2H3/b14-9-. The van der Waals surface area contributed by atoms with Crippen molar-refractivity contribution < 1.29 is 9.53 Å². The van der Waals surface area contributed by atoms with Crippen LogP contribution in [0.2, 0.25) is 10.0 Å². The highest BCUT2D eigenvalue weighted by atomic mass is 35.5. The first kappa shape index (κ1) is 15.6. The zero-order chi connectivity index (χ0) is 15.4. The third kappa shape index (κ3) is 3.66. The molecule has 0 radical (unpaired) electrons. The van der Waals surface area contributed by atoms with E-state index in [1.807, 2.05) is 30.3 Å². The molecule has 2 nitrogen and oxygen atoms in total. The smallest absolute Gasteiger partial charge is 0.153 e. The number of carbonyl (C=O) groups excluding carboxylic acids is 1. The Morgan fingerprint density at radius 1 is 1.10 bits per heavy atom. The van der Waals surface area contributed by atoms with Crippen molar-refractivity contribution in [2.24, 2.45) is 0 Å². The molecule has 2 rings (SSSR count). The van der Waals surface area contributed by atoms with Crippen LogP contribution in [0, 0.1) is 0 Å². The fourth-order valence-corrected chi connectivity index (χ4v) is 2.35. The summed E-state index contributed by atoms with van der Waals surface area (Å²) in [4.78, 5) is 11.6. The zero-order valence-electron chi connectivity index (χ0n) is 11.7. The molecule has 0 aliphatic rings. The Hall–Kier alpha value is -1.77. The molecule has 0 saturated carbocycles. The quantitative estimate of drug-likeness (QED) is 0.739. The van der Waals surface area contributed by atoms with Crippen LogP contribution in [0.15, 0.2) is 48.5 Å². The maximum atomic E-state index is 11.6. The Kier molecular flexibility index (Phi) is 5.05. The molecule has 0 N–H and O–H groups in total. The molecule has 0 saturated heterocycles. The van der Waals surface area contributed by atoms with Crippen LogP contribution in [0.5, 0.6) is 5.75 Å². The fourth-order valence-electron chi connectivity index (χ4n) is 2.05. The molecule has 0 atom stereocenters. The summed E-state index contributed by atoms with van der Waals surface area (Å²) in [6.45, 7) is 1.51. The van der Waals surface area contributed by atoms with Crippen molar-refractivity contribution in [3.8, 4) is 5.75 Å². The molecule has 0 fully saturated rings. The van der Waals surface area contributed by atoms with Gasteiger partial charge in [-0.3, -0.25) is 4.79 Å². The maximum absolute atomic E-state index is 11.6. The number of hydrogen-bond donors (Lipinski definition) is 0. The Bertz CT molecular complexity index is 706. The van der Waals surface area contributed by atoms with E-state index in [4.69, 9.17) is 27.9 Å². The van der Waals surface area contributed by atoms with Gasteiger partial charge in [0.2, 0.25) is 0 Å². The first-order chi connectivity index (χ1) is 10.0. The van der Waals surface area contributed by atoms with E-state index < -0.39 is 0 Å². The molecule has 21 heavy (non-hydrogen) atoms. The summed E-state index contributed by atoms with van der Waals surface area (Å²) in [7, 11) is 1.60. The molecule has 0 unspecified atom stereocenters. The predicted octanol–water partition coefficient (Wildman–Crippen LogP) is 5.02. The number of ether oxygens (including phenoxy) is 1. The van der Waals surface area contributed by atoms with E-state index in [-0.39, 0.29) is 5.78 Å². The van der Waals surface area contributed by atoms with Crippen LogP contribution in [0.3, 0.4) is 0 Å². The minimum atomic E-state index is -0.0537. The zero-order valence-corrected chi connectivity index (χ0v) is 13.2. The Labute approximate surface area is 134 Å². The lowest BCUT2D eigenvalue weighted by Crippen LogP contribution is -1.96. The Morgan fingerprint density at radius 3 is 2.43 bits per heavy atom. The van der Waals surface area contributed by atoms with Crippen LogP contribution >= 0.6 is 23.2 Å². The molecule has 0 aliphatic carbocycles. The van der Waals surface area contributed by atoms with Crippen molar-refractivity contribution in [3.05, 3.63) is 69.7 Å². The molecule has 0 bridgehead atoms. The first-order valence-electron chi connectivity index (χ1n) is 6.34. The van der Waals surface area contributed by atoms with Crippen LogP contribution in [-0.4, -0.2) is 12.9 Å². The van der Waals surface area contributed by atoms with Gasteiger partial charge < -0.3 is 4.74 Å². The van der Waals surface area contributed by atoms with E-state index in [0.29, 0.717) is 15.8 Å². The molecular weight excluding hydrogens is 307 g/mol. The van der Waals surface area contributed by atoms with Crippen LogP contribution in [0.4, 0.5) is 0 Å². The van der Waals surface area contributed by atoms with Crippen molar-refractivity contribution in [2.75, 3.05) is 7.11 Å². The second kappa shape index (κ2) is 6.79. The van der Waals surface area contributed by atoms with Gasteiger partial charge in [-0.05, 0) is 42.3 Å². The third-order valence-electron chi connectivity index (χ3n) is 2.98. The second-order valence-corrected chi connectivity index (χ2v) is 5.31. The number of ketones is 1. The lowest BCUT2D eigenvalue weighted by molar-refractivity contribution is -0.112. The summed E-state index contributed by atoms with van der Waals surface area (Å²) in [6, 6.07) is 12.8. The number of para-hydroxylation sites is 1. The van der Waals surface area contributed by atoms with E-state index >= 15 is 0 Å². The molecule has 0 aromatic heterocycles. The summed E-state index contributed by atoms with van der Waals surface area (Å²) in [5.41, 5.74) is 2.39. The highest BCUT2D eigenvalue weighted by Gasteiger charge is 2.12. The van der Waals surface area contributed by atoms with E-state index in [0.717, 1.165) is 16.7 Å². The number of halogens is 2. The normalized spacial score (nSPS) is 11.3.